The molecule has 36 heavy (non-hydrogen) atoms. The second kappa shape index (κ2) is 11.9. The summed E-state index contributed by atoms with van der Waals surface area (Å²) in [7, 11) is 0. The van der Waals surface area contributed by atoms with E-state index in [2.05, 4.69) is 19.1 Å². The van der Waals surface area contributed by atoms with Crippen molar-refractivity contribution in [2.24, 2.45) is 17.8 Å². The quantitative estimate of drug-likeness (QED) is 0.218. The van der Waals surface area contributed by atoms with Gasteiger partial charge in [-0.1, -0.05) is 30.4 Å². The Morgan fingerprint density at radius 1 is 0.917 bits per heavy atom. The molecule has 2 aromatic rings. The molecular weight excluding hydrogens is 461 g/mol. The molecule has 0 aliphatic heterocycles. The summed E-state index contributed by atoms with van der Waals surface area (Å²) < 4.78 is 49.0. The summed E-state index contributed by atoms with van der Waals surface area (Å²) in [4.78, 5) is 12.6. The van der Waals surface area contributed by atoms with Crippen molar-refractivity contribution in [2.75, 3.05) is 0 Å². The highest BCUT2D eigenvalue weighted by Crippen LogP contribution is 2.48. The SMILES string of the molecule is C/C=C/CCc1c(F)cc(OC(=O)c2ccc(C3CCC4CC(/C=C/C)CCC4C3)c(F)c2)cc1F. The lowest BCUT2D eigenvalue weighted by Gasteiger charge is -2.41. The summed E-state index contributed by atoms with van der Waals surface area (Å²) in [5.41, 5.74) is 0.617. The van der Waals surface area contributed by atoms with Crippen molar-refractivity contribution in [1.82, 2.24) is 0 Å². The molecule has 0 heterocycles. The number of carbonyl (C=O) groups is 1. The molecule has 0 amide bonds. The van der Waals surface area contributed by atoms with Crippen molar-refractivity contribution in [3.8, 4) is 5.75 Å². The average Bonchev–Trinajstić information content (AvgIpc) is 2.85. The van der Waals surface area contributed by atoms with Crippen molar-refractivity contribution in [1.29, 1.82) is 0 Å². The maximum absolute atomic E-state index is 15.1. The number of benzene rings is 2. The fourth-order valence-corrected chi connectivity index (χ4v) is 6.08. The van der Waals surface area contributed by atoms with E-state index in [9.17, 15) is 13.6 Å². The largest absolute Gasteiger partial charge is 0.423 e. The second-order valence-electron chi connectivity index (χ2n) is 10.2. The third-order valence-corrected chi connectivity index (χ3v) is 7.92. The molecule has 0 spiro atoms. The molecule has 2 aromatic carbocycles. The van der Waals surface area contributed by atoms with Gasteiger partial charge in [0.2, 0.25) is 0 Å². The fourth-order valence-electron chi connectivity index (χ4n) is 6.08. The van der Waals surface area contributed by atoms with E-state index in [1.807, 2.05) is 19.1 Å². The highest BCUT2D eigenvalue weighted by Gasteiger charge is 2.36. The van der Waals surface area contributed by atoms with Crippen LogP contribution in [-0.4, -0.2) is 5.97 Å². The zero-order valence-electron chi connectivity index (χ0n) is 21.1. The minimum Gasteiger partial charge on any atom is -0.423 e. The molecule has 0 saturated heterocycles. The van der Waals surface area contributed by atoms with Crippen LogP contribution in [0.5, 0.6) is 5.75 Å². The fraction of sp³-hybridized carbons (Fsp3) is 0.452. The molecule has 4 atom stereocenters. The van der Waals surface area contributed by atoms with Crippen LogP contribution in [0.15, 0.2) is 54.6 Å². The van der Waals surface area contributed by atoms with Gasteiger partial charge >= 0.3 is 5.97 Å². The number of esters is 1. The Kier molecular flexibility index (Phi) is 8.71. The van der Waals surface area contributed by atoms with Gasteiger partial charge in [-0.25, -0.2) is 18.0 Å². The van der Waals surface area contributed by atoms with Crippen LogP contribution in [0.2, 0.25) is 0 Å². The third-order valence-electron chi connectivity index (χ3n) is 7.92. The lowest BCUT2D eigenvalue weighted by atomic mass is 9.64. The summed E-state index contributed by atoms with van der Waals surface area (Å²) >= 11 is 0. The number of ether oxygens (including phenoxy) is 1. The van der Waals surface area contributed by atoms with Crippen LogP contribution in [0.4, 0.5) is 13.2 Å². The molecule has 0 bridgehead atoms. The number of fused-ring (bicyclic) bond motifs is 1. The predicted molar refractivity (Wildman–Crippen MR) is 137 cm³/mol. The van der Waals surface area contributed by atoms with Gasteiger partial charge in [0.25, 0.3) is 0 Å². The monoisotopic (exact) mass is 496 g/mol. The van der Waals surface area contributed by atoms with E-state index in [1.54, 1.807) is 12.1 Å². The van der Waals surface area contributed by atoms with Crippen molar-refractivity contribution in [3.63, 3.8) is 0 Å². The first-order chi connectivity index (χ1) is 17.4. The van der Waals surface area contributed by atoms with Gasteiger partial charge in [-0.15, -0.1) is 0 Å². The van der Waals surface area contributed by atoms with E-state index >= 15 is 4.39 Å². The first kappa shape index (κ1) is 26.2. The van der Waals surface area contributed by atoms with E-state index in [1.165, 1.54) is 25.3 Å². The number of hydrogen-bond donors (Lipinski definition) is 0. The molecule has 4 unspecified atom stereocenters. The Hall–Kier alpha value is -2.82. The zero-order valence-corrected chi connectivity index (χ0v) is 21.1. The van der Waals surface area contributed by atoms with Gasteiger partial charge in [-0.3, -0.25) is 0 Å². The molecule has 5 heteroatoms. The molecular formula is C31H35F3O2. The van der Waals surface area contributed by atoms with E-state index in [4.69, 9.17) is 4.74 Å². The number of hydrogen-bond acceptors (Lipinski definition) is 2. The van der Waals surface area contributed by atoms with Crippen LogP contribution >= 0.6 is 0 Å². The van der Waals surface area contributed by atoms with Crippen molar-refractivity contribution >= 4 is 5.97 Å². The highest BCUT2D eigenvalue weighted by molar-refractivity contribution is 5.91. The number of carbonyl (C=O) groups excluding carboxylic acids is 1. The van der Waals surface area contributed by atoms with Crippen LogP contribution in [0.3, 0.4) is 0 Å². The van der Waals surface area contributed by atoms with Crippen molar-refractivity contribution in [2.45, 2.75) is 71.1 Å². The maximum atomic E-state index is 15.1. The molecule has 2 aliphatic carbocycles. The molecule has 2 nitrogen and oxygen atoms in total. The zero-order chi connectivity index (χ0) is 25.7. The van der Waals surface area contributed by atoms with Gasteiger partial charge in [0.05, 0.1) is 5.56 Å². The minimum absolute atomic E-state index is 0.0229. The first-order valence-corrected chi connectivity index (χ1v) is 13.1. The van der Waals surface area contributed by atoms with E-state index in [0.29, 0.717) is 29.7 Å². The highest BCUT2D eigenvalue weighted by atomic mass is 19.1. The van der Waals surface area contributed by atoms with Gasteiger partial charge in [0.1, 0.15) is 23.2 Å². The van der Waals surface area contributed by atoms with Gasteiger partial charge in [-0.2, -0.15) is 0 Å². The molecule has 2 fully saturated rings. The van der Waals surface area contributed by atoms with Crippen molar-refractivity contribution in [3.05, 3.63) is 88.8 Å². The Morgan fingerprint density at radius 3 is 2.33 bits per heavy atom. The smallest absolute Gasteiger partial charge is 0.343 e. The van der Waals surface area contributed by atoms with E-state index in [-0.39, 0.29) is 29.2 Å². The van der Waals surface area contributed by atoms with Crippen LogP contribution in [0.25, 0.3) is 0 Å². The van der Waals surface area contributed by atoms with E-state index < -0.39 is 23.4 Å². The van der Waals surface area contributed by atoms with E-state index in [0.717, 1.165) is 31.4 Å². The Bertz CT molecular complexity index is 1110. The Balaban J connectivity index is 1.40. The summed E-state index contributed by atoms with van der Waals surface area (Å²) in [6, 6.07) is 6.41. The van der Waals surface area contributed by atoms with Gasteiger partial charge in [-0.05, 0) is 107 Å². The topological polar surface area (TPSA) is 26.3 Å². The predicted octanol–water partition coefficient (Wildman–Crippen LogP) is 8.71. The molecule has 2 aliphatic rings. The molecule has 192 valence electrons. The molecule has 4 rings (SSSR count). The first-order valence-electron chi connectivity index (χ1n) is 13.1. The number of allylic oxidation sites excluding steroid dienone is 4. The third kappa shape index (κ3) is 6.11. The van der Waals surface area contributed by atoms with Gasteiger partial charge in [0, 0.05) is 17.7 Å². The minimum atomic E-state index is -0.841. The Morgan fingerprint density at radius 2 is 1.64 bits per heavy atom. The summed E-state index contributed by atoms with van der Waals surface area (Å²) in [5, 5.41) is 0. The van der Waals surface area contributed by atoms with Crippen LogP contribution < -0.4 is 4.74 Å². The summed E-state index contributed by atoms with van der Waals surface area (Å²) in [6.07, 6.45) is 15.5. The second-order valence-corrected chi connectivity index (χ2v) is 10.2. The van der Waals surface area contributed by atoms with Gasteiger partial charge < -0.3 is 4.74 Å². The normalized spacial score (nSPS) is 24.2. The summed E-state index contributed by atoms with van der Waals surface area (Å²) in [6.45, 7) is 3.91. The van der Waals surface area contributed by atoms with Crippen molar-refractivity contribution < 1.29 is 22.7 Å². The maximum Gasteiger partial charge on any atom is 0.343 e. The molecule has 0 aromatic heterocycles. The Labute approximate surface area is 212 Å². The molecule has 0 N–H and O–H groups in total. The number of rotatable bonds is 7. The molecule has 0 radical (unpaired) electrons. The number of halogens is 3. The lowest BCUT2D eigenvalue weighted by molar-refractivity contribution is 0.0733. The van der Waals surface area contributed by atoms with Gasteiger partial charge in [0.15, 0.2) is 0 Å². The average molecular weight is 497 g/mol. The standard InChI is InChI=1S/C31H35F3O2/c1-3-5-6-8-27-29(33)18-25(19-30(27)34)36-31(35)24-13-14-26(28(32)17-24)23-12-11-21-15-20(7-4-2)9-10-22(21)16-23/h3-5,7,13-14,17-23H,6,8-12,15-16H2,1-2H3/b5-3+,7-4+. The van der Waals surface area contributed by atoms with Crippen LogP contribution in [0.1, 0.15) is 86.2 Å². The summed E-state index contributed by atoms with van der Waals surface area (Å²) in [5.74, 6) is -0.874. The molecule has 2 saturated carbocycles. The lowest BCUT2D eigenvalue weighted by Crippen LogP contribution is -2.30. The van der Waals surface area contributed by atoms with Crippen LogP contribution in [0, 0.1) is 35.2 Å². The van der Waals surface area contributed by atoms with Crippen LogP contribution in [-0.2, 0) is 6.42 Å².